The van der Waals surface area contributed by atoms with Crippen LogP contribution < -0.4 is 0 Å². The zero-order valence-corrected chi connectivity index (χ0v) is 18.2. The molecule has 0 fully saturated rings. The van der Waals surface area contributed by atoms with Crippen LogP contribution in [0.2, 0.25) is 5.15 Å². The second-order valence-corrected chi connectivity index (χ2v) is 9.73. The van der Waals surface area contributed by atoms with Crippen LogP contribution in [-0.4, -0.2) is 10.1 Å². The molecule has 0 unspecified atom stereocenters. The average Bonchev–Trinajstić information content (AvgIpc) is 2.60. The largest absolute Gasteiger partial charge is 0.507 e. The van der Waals surface area contributed by atoms with Gasteiger partial charge in [0.25, 0.3) is 0 Å². The van der Waals surface area contributed by atoms with Gasteiger partial charge < -0.3 is 5.11 Å². The Morgan fingerprint density at radius 1 is 0.786 bits per heavy atom. The Balaban J connectivity index is 2.22. The number of aromatic hydroxyl groups is 1. The van der Waals surface area contributed by atoms with Crippen LogP contribution in [0, 0.1) is 0 Å². The summed E-state index contributed by atoms with van der Waals surface area (Å²) in [5.74, 6) is 0.344. The second kappa shape index (κ2) is 7.25. The van der Waals surface area contributed by atoms with E-state index in [0.29, 0.717) is 10.9 Å². The third-order valence-corrected chi connectivity index (χ3v) is 5.18. The highest BCUT2D eigenvalue weighted by Crippen LogP contribution is 2.42. The molecule has 0 spiro atoms. The molecule has 146 valence electrons. The molecule has 0 aliphatic rings. The predicted octanol–water partition coefficient (Wildman–Crippen LogP) is 7.37. The molecule has 3 heteroatoms. The van der Waals surface area contributed by atoms with Crippen LogP contribution in [0.5, 0.6) is 5.75 Å². The number of rotatable bonds is 2. The maximum absolute atomic E-state index is 11.1. The number of hydrogen-bond acceptors (Lipinski definition) is 2. The minimum Gasteiger partial charge on any atom is -0.507 e. The van der Waals surface area contributed by atoms with Gasteiger partial charge in [-0.25, -0.2) is 4.98 Å². The Morgan fingerprint density at radius 2 is 1.43 bits per heavy atom. The van der Waals surface area contributed by atoms with Crippen LogP contribution in [0.3, 0.4) is 0 Å². The standard InChI is InChI=1S/C25H28ClNO/c1-24(2,3)18-14-19(23(28)20(15-18)25(4,5)6)16-9-7-10-17(13-16)21-11-8-12-22(26)27-21/h7-15,28H,1-6H3. The third-order valence-electron chi connectivity index (χ3n) is 4.97. The lowest BCUT2D eigenvalue weighted by Crippen LogP contribution is -2.17. The SMILES string of the molecule is CC(C)(C)c1cc(-c2cccc(-c3cccc(Cl)n3)c2)c(O)c(C(C)(C)C)c1. The summed E-state index contributed by atoms with van der Waals surface area (Å²) in [7, 11) is 0. The Morgan fingerprint density at radius 3 is 2.04 bits per heavy atom. The molecule has 3 rings (SSSR count). The monoisotopic (exact) mass is 393 g/mol. The highest BCUT2D eigenvalue weighted by Gasteiger charge is 2.25. The topological polar surface area (TPSA) is 33.1 Å². The van der Waals surface area contributed by atoms with Gasteiger partial charge in [-0.1, -0.05) is 83.5 Å². The third kappa shape index (κ3) is 4.23. The van der Waals surface area contributed by atoms with Crippen LogP contribution in [0.4, 0.5) is 0 Å². The van der Waals surface area contributed by atoms with Crippen molar-refractivity contribution in [2.75, 3.05) is 0 Å². The highest BCUT2D eigenvalue weighted by molar-refractivity contribution is 6.29. The number of halogens is 1. The minimum absolute atomic E-state index is 0.0193. The van der Waals surface area contributed by atoms with Gasteiger partial charge in [-0.2, -0.15) is 0 Å². The molecule has 1 N–H and O–H groups in total. The number of phenols is 1. The first-order valence-electron chi connectivity index (χ1n) is 9.58. The van der Waals surface area contributed by atoms with Crippen LogP contribution in [0.15, 0.2) is 54.6 Å². The van der Waals surface area contributed by atoms with Crippen LogP contribution in [0.25, 0.3) is 22.4 Å². The summed E-state index contributed by atoms with van der Waals surface area (Å²) in [4.78, 5) is 4.42. The molecule has 2 aromatic carbocycles. The molecule has 0 radical (unpaired) electrons. The Labute approximate surface area is 173 Å². The first kappa shape index (κ1) is 20.4. The normalized spacial score (nSPS) is 12.2. The summed E-state index contributed by atoms with van der Waals surface area (Å²) in [5.41, 5.74) is 5.59. The van der Waals surface area contributed by atoms with Crippen LogP contribution >= 0.6 is 11.6 Å². The summed E-state index contributed by atoms with van der Waals surface area (Å²) < 4.78 is 0. The average molecular weight is 394 g/mol. The fourth-order valence-corrected chi connectivity index (χ4v) is 3.44. The maximum Gasteiger partial charge on any atom is 0.129 e. The van der Waals surface area contributed by atoms with Gasteiger partial charge in [0.15, 0.2) is 0 Å². The first-order chi connectivity index (χ1) is 13.0. The van der Waals surface area contributed by atoms with E-state index < -0.39 is 0 Å². The molecule has 1 heterocycles. The zero-order chi connectivity index (χ0) is 20.7. The van der Waals surface area contributed by atoms with Crippen molar-refractivity contribution in [2.45, 2.75) is 52.4 Å². The molecule has 0 bridgehead atoms. The lowest BCUT2D eigenvalue weighted by atomic mass is 9.78. The molecular weight excluding hydrogens is 366 g/mol. The van der Waals surface area contributed by atoms with E-state index in [0.717, 1.165) is 27.9 Å². The molecular formula is C25H28ClNO. The fourth-order valence-electron chi connectivity index (χ4n) is 3.27. The Kier molecular flexibility index (Phi) is 5.29. The maximum atomic E-state index is 11.1. The molecule has 0 amide bonds. The number of benzene rings is 2. The van der Waals surface area contributed by atoms with Gasteiger partial charge in [-0.15, -0.1) is 0 Å². The minimum atomic E-state index is -0.161. The van der Waals surface area contributed by atoms with Crippen molar-refractivity contribution in [3.8, 4) is 28.1 Å². The zero-order valence-electron chi connectivity index (χ0n) is 17.5. The van der Waals surface area contributed by atoms with E-state index in [1.165, 1.54) is 5.56 Å². The summed E-state index contributed by atoms with van der Waals surface area (Å²) in [6, 6.07) is 17.9. The van der Waals surface area contributed by atoms with E-state index in [1.807, 2.05) is 30.3 Å². The van der Waals surface area contributed by atoms with Gasteiger partial charge in [0.1, 0.15) is 10.9 Å². The van der Waals surface area contributed by atoms with Gasteiger partial charge in [-0.05, 0) is 46.2 Å². The van der Waals surface area contributed by atoms with Crippen molar-refractivity contribution in [3.63, 3.8) is 0 Å². The molecule has 0 aliphatic carbocycles. The van der Waals surface area contributed by atoms with E-state index >= 15 is 0 Å². The van der Waals surface area contributed by atoms with Crippen molar-refractivity contribution in [2.24, 2.45) is 0 Å². The van der Waals surface area contributed by atoms with Gasteiger partial charge in [0.2, 0.25) is 0 Å². The molecule has 1 aromatic heterocycles. The molecule has 0 atom stereocenters. The summed E-state index contributed by atoms with van der Waals surface area (Å²) in [6.45, 7) is 13.0. The highest BCUT2D eigenvalue weighted by atomic mass is 35.5. The van der Waals surface area contributed by atoms with E-state index in [9.17, 15) is 5.11 Å². The van der Waals surface area contributed by atoms with E-state index in [4.69, 9.17) is 11.6 Å². The summed E-state index contributed by atoms with van der Waals surface area (Å²) in [6.07, 6.45) is 0. The van der Waals surface area contributed by atoms with Crippen molar-refractivity contribution in [1.29, 1.82) is 0 Å². The lowest BCUT2D eigenvalue weighted by molar-refractivity contribution is 0.446. The Bertz CT molecular complexity index is 1010. The van der Waals surface area contributed by atoms with Crippen molar-refractivity contribution in [3.05, 3.63) is 70.9 Å². The summed E-state index contributed by atoms with van der Waals surface area (Å²) in [5, 5.41) is 11.6. The lowest BCUT2D eigenvalue weighted by Gasteiger charge is -2.27. The quantitative estimate of drug-likeness (QED) is 0.461. The second-order valence-electron chi connectivity index (χ2n) is 9.35. The van der Waals surface area contributed by atoms with E-state index in [1.54, 1.807) is 6.07 Å². The molecule has 3 aromatic rings. The van der Waals surface area contributed by atoms with Gasteiger partial charge in [0, 0.05) is 16.7 Å². The summed E-state index contributed by atoms with van der Waals surface area (Å²) >= 11 is 6.07. The van der Waals surface area contributed by atoms with Gasteiger partial charge in [0.05, 0.1) is 5.69 Å². The van der Waals surface area contributed by atoms with Crippen molar-refractivity contribution >= 4 is 11.6 Å². The van der Waals surface area contributed by atoms with E-state index in [-0.39, 0.29) is 10.8 Å². The molecule has 0 saturated heterocycles. The Hall–Kier alpha value is -2.32. The molecule has 0 saturated carbocycles. The number of nitrogens with zero attached hydrogens (tertiary/aromatic N) is 1. The van der Waals surface area contributed by atoms with Crippen molar-refractivity contribution < 1.29 is 5.11 Å². The van der Waals surface area contributed by atoms with Crippen LogP contribution in [-0.2, 0) is 10.8 Å². The van der Waals surface area contributed by atoms with Crippen LogP contribution in [0.1, 0.15) is 52.7 Å². The number of aromatic nitrogens is 1. The van der Waals surface area contributed by atoms with Crippen molar-refractivity contribution in [1.82, 2.24) is 4.98 Å². The predicted molar refractivity (Wildman–Crippen MR) is 119 cm³/mol. The molecule has 2 nitrogen and oxygen atoms in total. The fraction of sp³-hybridized carbons (Fsp3) is 0.320. The first-order valence-corrected chi connectivity index (χ1v) is 9.96. The number of pyridine rings is 1. The van der Waals surface area contributed by atoms with E-state index in [2.05, 4.69) is 64.7 Å². The van der Waals surface area contributed by atoms with Gasteiger partial charge in [-0.3, -0.25) is 0 Å². The van der Waals surface area contributed by atoms with Gasteiger partial charge >= 0.3 is 0 Å². The smallest absolute Gasteiger partial charge is 0.129 e. The molecule has 0 aliphatic heterocycles. The number of phenolic OH excluding ortho intramolecular Hbond substituents is 1. The molecule has 28 heavy (non-hydrogen) atoms. The number of hydrogen-bond donors (Lipinski definition) is 1.